The maximum Gasteiger partial charge on any atom is 0.246 e. The first-order valence-corrected chi connectivity index (χ1v) is 9.76. The first-order valence-electron chi connectivity index (χ1n) is 8.78. The molecule has 3 saturated heterocycles. The van der Waals surface area contributed by atoms with E-state index in [1.54, 1.807) is 11.8 Å². The molecule has 7 heteroatoms. The van der Waals surface area contributed by atoms with Gasteiger partial charge in [-0.1, -0.05) is 0 Å². The fraction of sp³-hybridized carbons (Fsp3) is 0.824. The summed E-state index contributed by atoms with van der Waals surface area (Å²) in [4.78, 5) is 40.6. The third-order valence-electron chi connectivity index (χ3n) is 5.68. The highest BCUT2D eigenvalue weighted by Gasteiger charge is 2.46. The van der Waals surface area contributed by atoms with E-state index < -0.39 is 10.8 Å². The number of piperidine rings is 1. The second-order valence-electron chi connectivity index (χ2n) is 7.76. The Morgan fingerprint density at radius 1 is 1.29 bits per heavy atom. The van der Waals surface area contributed by atoms with Crippen LogP contribution in [0.1, 0.15) is 40.0 Å². The Labute approximate surface area is 147 Å². The zero-order chi connectivity index (χ0) is 17.5. The average molecular weight is 353 g/mol. The molecule has 134 valence electrons. The van der Waals surface area contributed by atoms with Crippen molar-refractivity contribution in [2.24, 2.45) is 5.41 Å². The summed E-state index contributed by atoms with van der Waals surface area (Å²) < 4.78 is -0.462. The number of amides is 3. The van der Waals surface area contributed by atoms with Gasteiger partial charge in [0, 0.05) is 43.8 Å². The molecular weight excluding hydrogens is 326 g/mol. The van der Waals surface area contributed by atoms with E-state index >= 15 is 0 Å². The van der Waals surface area contributed by atoms with E-state index in [1.807, 2.05) is 30.6 Å². The van der Waals surface area contributed by atoms with Crippen LogP contribution in [-0.2, 0) is 14.4 Å². The molecule has 1 N–H and O–H groups in total. The molecule has 3 heterocycles. The van der Waals surface area contributed by atoms with Crippen molar-refractivity contribution in [2.45, 2.75) is 50.8 Å². The van der Waals surface area contributed by atoms with Crippen molar-refractivity contribution in [1.82, 2.24) is 15.1 Å². The normalized spacial score (nSPS) is 29.0. The number of hydrogen-bond acceptors (Lipinski definition) is 4. The van der Waals surface area contributed by atoms with Gasteiger partial charge in [0.15, 0.2) is 0 Å². The molecule has 24 heavy (non-hydrogen) atoms. The minimum atomic E-state index is -0.462. The number of rotatable bonds is 2. The second-order valence-corrected chi connectivity index (χ2v) is 9.40. The van der Waals surface area contributed by atoms with Gasteiger partial charge in [0.25, 0.3) is 0 Å². The van der Waals surface area contributed by atoms with Crippen LogP contribution in [-0.4, -0.2) is 70.2 Å². The van der Waals surface area contributed by atoms with Gasteiger partial charge in [0.2, 0.25) is 17.7 Å². The van der Waals surface area contributed by atoms with Gasteiger partial charge >= 0.3 is 0 Å². The Hall–Kier alpha value is -1.24. The Kier molecular flexibility index (Phi) is 4.57. The molecule has 3 aliphatic rings. The van der Waals surface area contributed by atoms with Crippen molar-refractivity contribution in [2.75, 3.05) is 31.9 Å². The molecule has 1 atom stereocenters. The summed E-state index contributed by atoms with van der Waals surface area (Å²) in [5.74, 6) is 0.834. The van der Waals surface area contributed by atoms with Gasteiger partial charge in [-0.25, -0.2) is 0 Å². The van der Waals surface area contributed by atoms with Crippen LogP contribution in [0.2, 0.25) is 0 Å². The standard InChI is InChI=1S/C17H27N3O3S/c1-4-19-11-17(9-13(19)21)5-7-20(8-6-17)14(22)12-10-24-16(2,3)15(23)18-12/h12H,4-11H2,1-3H3,(H,18,23). The highest BCUT2D eigenvalue weighted by atomic mass is 32.2. The SMILES string of the molecule is CCN1CC2(CCN(C(=O)C3CSC(C)(C)C(=O)N3)CC2)CC1=O. The maximum absolute atomic E-state index is 12.7. The molecule has 1 unspecified atom stereocenters. The van der Waals surface area contributed by atoms with Crippen LogP contribution in [0.15, 0.2) is 0 Å². The summed E-state index contributed by atoms with van der Waals surface area (Å²) in [6, 6.07) is -0.415. The summed E-state index contributed by atoms with van der Waals surface area (Å²) in [6.07, 6.45) is 2.37. The van der Waals surface area contributed by atoms with E-state index in [4.69, 9.17) is 0 Å². The lowest BCUT2D eigenvalue weighted by Gasteiger charge is -2.41. The number of likely N-dealkylation sites (tertiary alicyclic amines) is 2. The summed E-state index contributed by atoms with van der Waals surface area (Å²) in [6.45, 7) is 8.75. The smallest absolute Gasteiger partial charge is 0.246 e. The molecule has 3 rings (SSSR count). The Balaban J connectivity index is 1.56. The molecule has 3 fully saturated rings. The van der Waals surface area contributed by atoms with Crippen molar-refractivity contribution in [1.29, 1.82) is 0 Å². The predicted octanol–water partition coefficient (Wildman–Crippen LogP) is 0.858. The zero-order valence-corrected chi connectivity index (χ0v) is 15.6. The molecule has 0 aliphatic carbocycles. The zero-order valence-electron chi connectivity index (χ0n) is 14.8. The second kappa shape index (κ2) is 6.24. The average Bonchev–Trinajstić information content (AvgIpc) is 2.85. The third kappa shape index (κ3) is 3.15. The highest BCUT2D eigenvalue weighted by molar-refractivity contribution is 8.01. The van der Waals surface area contributed by atoms with Crippen molar-refractivity contribution < 1.29 is 14.4 Å². The van der Waals surface area contributed by atoms with Gasteiger partial charge in [0.05, 0.1) is 4.75 Å². The Morgan fingerprint density at radius 2 is 1.96 bits per heavy atom. The van der Waals surface area contributed by atoms with Crippen LogP contribution in [0.3, 0.4) is 0 Å². The fourth-order valence-electron chi connectivity index (χ4n) is 3.89. The largest absolute Gasteiger partial charge is 0.342 e. The molecule has 3 aliphatic heterocycles. The number of carbonyl (C=O) groups is 3. The van der Waals surface area contributed by atoms with Gasteiger partial charge < -0.3 is 15.1 Å². The molecular formula is C17H27N3O3S. The summed E-state index contributed by atoms with van der Waals surface area (Å²) in [5.41, 5.74) is 0.0520. The van der Waals surface area contributed by atoms with Gasteiger partial charge in [-0.05, 0) is 33.6 Å². The van der Waals surface area contributed by atoms with Crippen LogP contribution in [0.25, 0.3) is 0 Å². The molecule has 0 bridgehead atoms. The molecule has 6 nitrogen and oxygen atoms in total. The lowest BCUT2D eigenvalue weighted by atomic mass is 9.77. The van der Waals surface area contributed by atoms with Crippen molar-refractivity contribution >= 4 is 29.5 Å². The number of carbonyl (C=O) groups excluding carboxylic acids is 3. The van der Waals surface area contributed by atoms with E-state index in [1.165, 1.54) is 0 Å². The molecule has 3 amide bonds. The van der Waals surface area contributed by atoms with Gasteiger partial charge in [-0.15, -0.1) is 11.8 Å². The van der Waals surface area contributed by atoms with Gasteiger partial charge in [-0.3, -0.25) is 14.4 Å². The minimum absolute atomic E-state index is 0.0258. The lowest BCUT2D eigenvalue weighted by molar-refractivity contribution is -0.138. The highest BCUT2D eigenvalue weighted by Crippen LogP contribution is 2.41. The lowest BCUT2D eigenvalue weighted by Crippen LogP contribution is -2.59. The minimum Gasteiger partial charge on any atom is -0.342 e. The predicted molar refractivity (Wildman–Crippen MR) is 93.6 cm³/mol. The van der Waals surface area contributed by atoms with E-state index in [9.17, 15) is 14.4 Å². The van der Waals surface area contributed by atoms with Crippen LogP contribution in [0.5, 0.6) is 0 Å². The molecule has 1 spiro atoms. The number of nitrogens with one attached hydrogen (secondary N) is 1. The third-order valence-corrected chi connectivity index (χ3v) is 7.09. The topological polar surface area (TPSA) is 69.7 Å². The molecule has 0 aromatic heterocycles. The maximum atomic E-state index is 12.7. The summed E-state index contributed by atoms with van der Waals surface area (Å²) >= 11 is 1.54. The molecule has 0 aromatic rings. The van der Waals surface area contributed by atoms with Crippen molar-refractivity contribution in [3.05, 3.63) is 0 Å². The van der Waals surface area contributed by atoms with Gasteiger partial charge in [-0.2, -0.15) is 0 Å². The molecule has 0 saturated carbocycles. The monoisotopic (exact) mass is 353 g/mol. The quantitative estimate of drug-likeness (QED) is 0.799. The summed E-state index contributed by atoms with van der Waals surface area (Å²) in [7, 11) is 0. The fourth-order valence-corrected chi connectivity index (χ4v) is 4.89. The van der Waals surface area contributed by atoms with Crippen LogP contribution < -0.4 is 5.32 Å². The first kappa shape index (κ1) is 17.6. The van der Waals surface area contributed by atoms with Gasteiger partial charge in [0.1, 0.15) is 6.04 Å². The van der Waals surface area contributed by atoms with Crippen molar-refractivity contribution in [3.8, 4) is 0 Å². The van der Waals surface area contributed by atoms with E-state index in [2.05, 4.69) is 5.32 Å². The van der Waals surface area contributed by atoms with E-state index in [0.717, 1.165) is 25.9 Å². The van der Waals surface area contributed by atoms with E-state index in [-0.39, 0.29) is 23.1 Å². The Morgan fingerprint density at radius 3 is 2.50 bits per heavy atom. The van der Waals surface area contributed by atoms with Crippen LogP contribution in [0.4, 0.5) is 0 Å². The first-order chi connectivity index (χ1) is 11.3. The Bertz CT molecular complexity index is 555. The van der Waals surface area contributed by atoms with E-state index in [0.29, 0.717) is 25.3 Å². The van der Waals surface area contributed by atoms with Crippen molar-refractivity contribution in [3.63, 3.8) is 0 Å². The molecule has 0 radical (unpaired) electrons. The number of hydrogen-bond donors (Lipinski definition) is 1. The number of thioether (sulfide) groups is 1. The molecule has 0 aromatic carbocycles. The van der Waals surface area contributed by atoms with Crippen LogP contribution in [0, 0.1) is 5.41 Å². The number of nitrogens with zero attached hydrogens (tertiary/aromatic N) is 2. The summed E-state index contributed by atoms with van der Waals surface area (Å²) in [5, 5.41) is 2.87. The van der Waals surface area contributed by atoms with Crippen LogP contribution >= 0.6 is 11.8 Å².